The summed E-state index contributed by atoms with van der Waals surface area (Å²) in [7, 11) is 0. The number of aliphatic hydroxyl groups excluding tert-OH is 1. The van der Waals surface area contributed by atoms with Crippen LogP contribution in [0.4, 0.5) is 5.69 Å². The van der Waals surface area contributed by atoms with Gasteiger partial charge < -0.3 is 15.2 Å². The maximum absolute atomic E-state index is 12.9. The van der Waals surface area contributed by atoms with Gasteiger partial charge in [0.2, 0.25) is 11.8 Å². The predicted molar refractivity (Wildman–Crippen MR) is 146 cm³/mol. The number of pyridine rings is 1. The predicted octanol–water partition coefficient (Wildman–Crippen LogP) is 6.04. The normalized spacial score (nSPS) is 11.9. The minimum Gasteiger partial charge on any atom is -0.436 e. The maximum atomic E-state index is 12.9. The van der Waals surface area contributed by atoms with Gasteiger partial charge in [0.05, 0.1) is 23.6 Å². The summed E-state index contributed by atoms with van der Waals surface area (Å²) in [5.74, 6) is 1.52. The Labute approximate surface area is 224 Å². The lowest BCUT2D eigenvalue weighted by atomic mass is 9.99. The zero-order chi connectivity index (χ0) is 26.1. The highest BCUT2D eigenvalue weighted by Gasteiger charge is 2.28. The summed E-state index contributed by atoms with van der Waals surface area (Å²) in [4.78, 5) is 26.8. The van der Waals surface area contributed by atoms with E-state index in [9.17, 15) is 9.90 Å². The van der Waals surface area contributed by atoms with Crippen molar-refractivity contribution in [2.75, 3.05) is 11.1 Å². The van der Waals surface area contributed by atoms with Crippen molar-refractivity contribution in [1.82, 2.24) is 15.0 Å². The molecule has 9 heteroatoms. The lowest BCUT2D eigenvalue weighted by Gasteiger charge is -2.24. The zero-order valence-electron chi connectivity index (χ0n) is 20.6. The Morgan fingerprint density at radius 2 is 1.89 bits per heavy atom. The number of halogens is 1. The van der Waals surface area contributed by atoms with E-state index in [-0.39, 0.29) is 18.3 Å². The first kappa shape index (κ1) is 25.2. The van der Waals surface area contributed by atoms with Crippen molar-refractivity contribution < 1.29 is 14.6 Å². The number of aryl methyl sites for hydroxylation is 2. The molecule has 1 amide bonds. The Hall–Kier alpha value is -3.46. The minimum absolute atomic E-state index is 0.132. The van der Waals surface area contributed by atoms with Gasteiger partial charge in [-0.25, -0.2) is 4.98 Å². The molecular weight excluding hydrogens is 508 g/mol. The number of carbonyl (C=O) groups is 1. The number of aromatic nitrogens is 3. The molecule has 0 spiro atoms. The molecule has 0 saturated carbocycles. The molecule has 37 heavy (non-hydrogen) atoms. The van der Waals surface area contributed by atoms with E-state index in [2.05, 4.69) is 10.3 Å². The van der Waals surface area contributed by atoms with Gasteiger partial charge >= 0.3 is 0 Å². The lowest BCUT2D eigenvalue weighted by Crippen LogP contribution is -2.16. The fraction of sp³-hybridized carbons (Fsp3) is 0.214. The fourth-order valence-corrected chi connectivity index (χ4v) is 5.10. The number of aliphatic hydroxyl groups is 1. The van der Waals surface area contributed by atoms with Crippen molar-refractivity contribution in [3.8, 4) is 23.0 Å². The van der Waals surface area contributed by atoms with Crippen molar-refractivity contribution in [1.29, 1.82) is 0 Å². The topological polar surface area (TPSA) is 97.2 Å². The largest absolute Gasteiger partial charge is 0.436 e. The van der Waals surface area contributed by atoms with Crippen LogP contribution in [0.1, 0.15) is 33.5 Å². The van der Waals surface area contributed by atoms with Crippen LogP contribution in [-0.2, 0) is 17.8 Å². The zero-order valence-corrected chi connectivity index (χ0v) is 22.2. The van der Waals surface area contributed by atoms with Crippen LogP contribution < -0.4 is 10.1 Å². The number of ether oxygens (including phenoxy) is 1. The van der Waals surface area contributed by atoms with Gasteiger partial charge in [-0.2, -0.15) is 4.98 Å². The van der Waals surface area contributed by atoms with Crippen molar-refractivity contribution in [3.63, 3.8) is 0 Å². The van der Waals surface area contributed by atoms with Crippen LogP contribution in [-0.4, -0.2) is 31.7 Å². The van der Waals surface area contributed by atoms with Crippen LogP contribution in [0.2, 0.25) is 5.02 Å². The van der Waals surface area contributed by atoms with Crippen LogP contribution in [0, 0.1) is 20.8 Å². The van der Waals surface area contributed by atoms with Gasteiger partial charge in [0.1, 0.15) is 5.03 Å². The Morgan fingerprint density at radius 3 is 2.65 bits per heavy atom. The summed E-state index contributed by atoms with van der Waals surface area (Å²) < 4.78 is 6.24. The number of hydrogen-bond acceptors (Lipinski definition) is 7. The highest BCUT2D eigenvalue weighted by molar-refractivity contribution is 8.00. The van der Waals surface area contributed by atoms with Gasteiger partial charge in [0.25, 0.3) is 0 Å². The molecule has 0 fully saturated rings. The van der Waals surface area contributed by atoms with Crippen LogP contribution in [0.5, 0.6) is 11.6 Å². The summed E-state index contributed by atoms with van der Waals surface area (Å²) in [5, 5.41) is 14.1. The Balaban J connectivity index is 1.49. The molecule has 3 heterocycles. The van der Waals surface area contributed by atoms with Gasteiger partial charge in [-0.15, -0.1) is 0 Å². The standard InChI is InChI=1S/C28H25ClN4O3S/c1-15-5-4-6-23(16(15)2)31-24(35)14-37-28-22-11-21-19(13-34)12-30-17(3)25(21)36-27(22)32-26(33-28)18-7-9-20(29)10-8-18/h4-10,12,34H,11,13-14H2,1-3H3,(H,31,35). The molecule has 2 aromatic carbocycles. The van der Waals surface area contributed by atoms with E-state index in [1.54, 1.807) is 18.3 Å². The molecule has 4 aromatic rings. The van der Waals surface area contributed by atoms with E-state index < -0.39 is 0 Å². The van der Waals surface area contributed by atoms with E-state index in [0.29, 0.717) is 45.2 Å². The van der Waals surface area contributed by atoms with Crippen molar-refractivity contribution >= 4 is 35.0 Å². The molecule has 2 N–H and O–H groups in total. The SMILES string of the molecule is Cc1cccc(NC(=O)CSc2nc(-c3ccc(Cl)cc3)nc3c2Cc2c(CO)cnc(C)c2O3)c1C. The monoisotopic (exact) mass is 532 g/mol. The molecule has 0 unspecified atom stereocenters. The van der Waals surface area contributed by atoms with Gasteiger partial charge in [-0.3, -0.25) is 9.78 Å². The smallest absolute Gasteiger partial charge is 0.234 e. The van der Waals surface area contributed by atoms with Crippen LogP contribution >= 0.6 is 23.4 Å². The number of hydrogen-bond donors (Lipinski definition) is 2. The van der Waals surface area contributed by atoms with Crippen molar-refractivity contribution in [2.24, 2.45) is 0 Å². The number of benzene rings is 2. The number of nitrogens with one attached hydrogen (secondary N) is 1. The third kappa shape index (κ3) is 5.18. The number of fused-ring (bicyclic) bond motifs is 2. The number of thioether (sulfide) groups is 1. The second-order valence-corrected chi connectivity index (χ2v) is 10.2. The molecule has 7 nitrogen and oxygen atoms in total. The summed E-state index contributed by atoms with van der Waals surface area (Å²) in [6, 6.07) is 13.1. The molecule has 0 atom stereocenters. The minimum atomic E-state index is -0.154. The van der Waals surface area contributed by atoms with E-state index in [0.717, 1.165) is 33.5 Å². The number of amides is 1. The molecule has 5 rings (SSSR count). The van der Waals surface area contributed by atoms with Gasteiger partial charge in [-0.05, 0) is 62.2 Å². The van der Waals surface area contributed by atoms with Crippen molar-refractivity contribution in [2.45, 2.75) is 38.8 Å². The first-order valence-electron chi connectivity index (χ1n) is 11.8. The molecule has 0 radical (unpaired) electrons. The van der Waals surface area contributed by atoms with Gasteiger partial charge in [0.15, 0.2) is 11.6 Å². The average molecular weight is 533 g/mol. The van der Waals surface area contributed by atoms with E-state index in [4.69, 9.17) is 26.3 Å². The molecular formula is C28H25ClN4O3S. The number of carbonyl (C=O) groups excluding carboxylic acids is 1. The number of rotatable bonds is 6. The Bertz CT molecular complexity index is 1510. The Morgan fingerprint density at radius 1 is 1.11 bits per heavy atom. The highest BCUT2D eigenvalue weighted by Crippen LogP contribution is 2.42. The number of nitrogens with zero attached hydrogens (tertiary/aromatic N) is 3. The van der Waals surface area contributed by atoms with E-state index >= 15 is 0 Å². The van der Waals surface area contributed by atoms with E-state index in [1.807, 2.05) is 51.1 Å². The van der Waals surface area contributed by atoms with E-state index in [1.165, 1.54) is 11.8 Å². The van der Waals surface area contributed by atoms with Crippen molar-refractivity contribution in [3.05, 3.63) is 87.2 Å². The van der Waals surface area contributed by atoms with Crippen LogP contribution in [0.25, 0.3) is 11.4 Å². The molecule has 188 valence electrons. The Kier molecular flexibility index (Phi) is 7.15. The lowest BCUT2D eigenvalue weighted by molar-refractivity contribution is -0.113. The summed E-state index contributed by atoms with van der Waals surface area (Å²) in [5.41, 5.74) is 6.76. The average Bonchev–Trinajstić information content (AvgIpc) is 2.90. The summed E-state index contributed by atoms with van der Waals surface area (Å²) >= 11 is 7.41. The molecule has 0 bridgehead atoms. The number of anilines is 1. The molecule has 1 aliphatic heterocycles. The fourth-order valence-electron chi connectivity index (χ4n) is 4.15. The first-order valence-corrected chi connectivity index (χ1v) is 13.1. The molecule has 0 saturated heterocycles. The van der Waals surface area contributed by atoms with Crippen LogP contribution in [0.3, 0.4) is 0 Å². The molecule has 2 aromatic heterocycles. The second-order valence-electron chi connectivity index (χ2n) is 8.84. The third-order valence-corrected chi connectivity index (χ3v) is 7.65. The third-order valence-electron chi connectivity index (χ3n) is 6.38. The summed E-state index contributed by atoms with van der Waals surface area (Å²) in [6.07, 6.45) is 2.13. The maximum Gasteiger partial charge on any atom is 0.234 e. The first-order chi connectivity index (χ1) is 17.8. The van der Waals surface area contributed by atoms with Gasteiger partial charge in [-0.1, -0.05) is 35.5 Å². The molecule has 0 aliphatic carbocycles. The van der Waals surface area contributed by atoms with Crippen LogP contribution in [0.15, 0.2) is 53.7 Å². The quantitative estimate of drug-likeness (QED) is 0.203. The second kappa shape index (κ2) is 10.5. The highest BCUT2D eigenvalue weighted by atomic mass is 35.5. The summed E-state index contributed by atoms with van der Waals surface area (Å²) in [6.45, 7) is 5.71. The molecule has 1 aliphatic rings. The van der Waals surface area contributed by atoms with Gasteiger partial charge in [0, 0.05) is 40.0 Å².